The van der Waals surface area contributed by atoms with Crippen LogP contribution in [0, 0.1) is 0 Å². The lowest BCUT2D eigenvalue weighted by atomic mass is 10.4. The third kappa shape index (κ3) is 4.23. The minimum Gasteiger partial charge on any atom is -0.379 e. The van der Waals surface area contributed by atoms with Crippen molar-refractivity contribution in [2.24, 2.45) is 0 Å². The van der Waals surface area contributed by atoms with Crippen molar-refractivity contribution in [2.45, 2.75) is 0 Å². The highest BCUT2D eigenvalue weighted by Gasteiger charge is 2.09. The lowest BCUT2D eigenvalue weighted by Crippen LogP contribution is -2.39. The van der Waals surface area contributed by atoms with Crippen molar-refractivity contribution < 1.29 is 4.74 Å². The first-order valence-electron chi connectivity index (χ1n) is 5.35. The van der Waals surface area contributed by atoms with Gasteiger partial charge in [-0.2, -0.15) is 15.0 Å². The summed E-state index contributed by atoms with van der Waals surface area (Å²) >= 11 is 11.3. The van der Waals surface area contributed by atoms with E-state index < -0.39 is 0 Å². The molecule has 0 bridgehead atoms. The van der Waals surface area contributed by atoms with Crippen molar-refractivity contribution in [2.75, 3.05) is 44.7 Å². The van der Waals surface area contributed by atoms with E-state index >= 15 is 0 Å². The van der Waals surface area contributed by atoms with Gasteiger partial charge in [0.15, 0.2) is 0 Å². The molecule has 0 unspecified atom stereocenters. The van der Waals surface area contributed by atoms with Crippen LogP contribution in [0.5, 0.6) is 0 Å². The van der Waals surface area contributed by atoms with Gasteiger partial charge >= 0.3 is 0 Å². The first-order chi connectivity index (χ1) is 8.24. The van der Waals surface area contributed by atoms with Gasteiger partial charge in [0.2, 0.25) is 16.5 Å². The summed E-state index contributed by atoms with van der Waals surface area (Å²) in [5, 5.41) is 3.25. The molecule has 1 N–H and O–H groups in total. The quantitative estimate of drug-likeness (QED) is 0.883. The molecule has 94 valence electrons. The Balaban J connectivity index is 1.77. The Labute approximate surface area is 109 Å². The molecule has 0 spiro atoms. The monoisotopic (exact) mass is 277 g/mol. The van der Waals surface area contributed by atoms with E-state index in [-0.39, 0.29) is 10.6 Å². The van der Waals surface area contributed by atoms with E-state index in [1.54, 1.807) is 0 Å². The zero-order valence-corrected chi connectivity index (χ0v) is 10.7. The molecule has 1 fully saturated rings. The van der Waals surface area contributed by atoms with Gasteiger partial charge in [0.25, 0.3) is 0 Å². The minimum atomic E-state index is 0.0962. The predicted octanol–water partition coefficient (Wildman–Crippen LogP) is 0.922. The number of halogens is 2. The average Bonchev–Trinajstić information content (AvgIpc) is 2.29. The number of nitrogens with zero attached hydrogens (tertiary/aromatic N) is 4. The maximum Gasteiger partial charge on any atom is 0.228 e. The molecule has 0 amide bonds. The number of hydrogen-bond acceptors (Lipinski definition) is 6. The van der Waals surface area contributed by atoms with Crippen LogP contribution in [0.4, 0.5) is 5.95 Å². The maximum atomic E-state index is 5.66. The van der Waals surface area contributed by atoms with Gasteiger partial charge in [0, 0.05) is 26.2 Å². The summed E-state index contributed by atoms with van der Waals surface area (Å²) in [4.78, 5) is 13.8. The zero-order chi connectivity index (χ0) is 12.1. The second-order valence-electron chi connectivity index (χ2n) is 3.58. The Morgan fingerprint density at radius 3 is 2.41 bits per heavy atom. The summed E-state index contributed by atoms with van der Waals surface area (Å²) in [5.74, 6) is 0.406. The first-order valence-corrected chi connectivity index (χ1v) is 6.11. The normalized spacial score (nSPS) is 17.1. The third-order valence-corrected chi connectivity index (χ3v) is 2.73. The summed E-state index contributed by atoms with van der Waals surface area (Å²) in [6.45, 7) is 5.15. The van der Waals surface area contributed by atoms with E-state index in [0.717, 1.165) is 39.4 Å². The zero-order valence-electron chi connectivity index (χ0n) is 9.20. The summed E-state index contributed by atoms with van der Waals surface area (Å²) in [5.41, 5.74) is 0. The highest BCUT2D eigenvalue weighted by molar-refractivity contribution is 6.31. The van der Waals surface area contributed by atoms with E-state index in [1.165, 1.54) is 0 Å². The fraction of sp³-hybridized carbons (Fsp3) is 0.667. The van der Waals surface area contributed by atoms with Crippen molar-refractivity contribution in [3.63, 3.8) is 0 Å². The Morgan fingerprint density at radius 2 is 1.76 bits per heavy atom. The van der Waals surface area contributed by atoms with Gasteiger partial charge in [-0.25, -0.2) is 0 Å². The summed E-state index contributed by atoms with van der Waals surface area (Å²) in [6, 6.07) is 0. The maximum absolute atomic E-state index is 5.66. The van der Waals surface area contributed by atoms with Crippen molar-refractivity contribution in [3.8, 4) is 0 Å². The van der Waals surface area contributed by atoms with E-state index in [4.69, 9.17) is 27.9 Å². The van der Waals surface area contributed by atoms with Crippen molar-refractivity contribution in [1.82, 2.24) is 19.9 Å². The number of morpholine rings is 1. The van der Waals surface area contributed by atoms with Gasteiger partial charge in [-0.15, -0.1) is 0 Å². The molecule has 6 nitrogen and oxygen atoms in total. The van der Waals surface area contributed by atoms with Crippen LogP contribution in [-0.4, -0.2) is 59.2 Å². The molecule has 2 rings (SSSR count). The highest BCUT2D eigenvalue weighted by Crippen LogP contribution is 2.09. The topological polar surface area (TPSA) is 63.2 Å². The van der Waals surface area contributed by atoms with Crippen molar-refractivity contribution >= 4 is 29.2 Å². The fourth-order valence-corrected chi connectivity index (χ4v) is 1.92. The van der Waals surface area contributed by atoms with Gasteiger partial charge < -0.3 is 10.1 Å². The average molecular weight is 278 g/mol. The number of nitrogens with one attached hydrogen (secondary N) is 1. The molecule has 1 aromatic rings. The van der Waals surface area contributed by atoms with Gasteiger partial charge in [-0.3, -0.25) is 4.90 Å². The second-order valence-corrected chi connectivity index (χ2v) is 4.25. The number of ether oxygens (including phenoxy) is 1. The molecule has 1 aliphatic heterocycles. The fourth-order valence-electron chi connectivity index (χ4n) is 1.56. The largest absolute Gasteiger partial charge is 0.379 e. The van der Waals surface area contributed by atoms with Crippen LogP contribution in [0.15, 0.2) is 0 Å². The van der Waals surface area contributed by atoms with Crippen LogP contribution in [0.3, 0.4) is 0 Å². The second kappa shape index (κ2) is 6.30. The molecular weight excluding hydrogens is 265 g/mol. The van der Waals surface area contributed by atoms with Crippen LogP contribution in [0.1, 0.15) is 0 Å². The molecule has 0 saturated carbocycles. The standard InChI is InChI=1S/C9H13Cl2N5O/c10-7-13-8(11)15-9(14-7)12-1-2-16-3-5-17-6-4-16/h1-6H2,(H,12,13,14,15). The minimum absolute atomic E-state index is 0.0962. The molecule has 2 heterocycles. The van der Waals surface area contributed by atoms with Crippen LogP contribution in [0.2, 0.25) is 10.6 Å². The molecule has 0 aromatic carbocycles. The summed E-state index contributed by atoms with van der Waals surface area (Å²) < 4.78 is 5.27. The summed E-state index contributed by atoms with van der Waals surface area (Å²) in [6.07, 6.45) is 0. The Morgan fingerprint density at radius 1 is 1.12 bits per heavy atom. The van der Waals surface area contributed by atoms with Gasteiger partial charge in [0.05, 0.1) is 13.2 Å². The van der Waals surface area contributed by atoms with E-state index in [2.05, 4.69) is 25.2 Å². The molecular formula is C9H13Cl2N5O. The molecule has 1 saturated heterocycles. The van der Waals surface area contributed by atoms with Gasteiger partial charge in [-0.05, 0) is 23.2 Å². The molecule has 8 heteroatoms. The predicted molar refractivity (Wildman–Crippen MR) is 65.6 cm³/mol. The van der Waals surface area contributed by atoms with Crippen molar-refractivity contribution in [1.29, 1.82) is 0 Å². The Hall–Kier alpha value is -0.690. The van der Waals surface area contributed by atoms with Crippen LogP contribution in [-0.2, 0) is 4.74 Å². The number of hydrogen-bond donors (Lipinski definition) is 1. The van der Waals surface area contributed by atoms with Gasteiger partial charge in [-0.1, -0.05) is 0 Å². The number of aromatic nitrogens is 3. The summed E-state index contributed by atoms with van der Waals surface area (Å²) in [7, 11) is 0. The molecule has 0 aliphatic carbocycles. The van der Waals surface area contributed by atoms with Crippen LogP contribution < -0.4 is 5.32 Å². The third-order valence-electron chi connectivity index (χ3n) is 2.40. The van der Waals surface area contributed by atoms with E-state index in [9.17, 15) is 0 Å². The Bertz CT molecular complexity index is 352. The first kappa shape index (κ1) is 12.8. The smallest absolute Gasteiger partial charge is 0.228 e. The van der Waals surface area contributed by atoms with Crippen LogP contribution >= 0.6 is 23.2 Å². The highest BCUT2D eigenvalue weighted by atomic mass is 35.5. The molecule has 0 radical (unpaired) electrons. The van der Waals surface area contributed by atoms with E-state index in [0.29, 0.717) is 5.95 Å². The van der Waals surface area contributed by atoms with E-state index in [1.807, 2.05) is 0 Å². The van der Waals surface area contributed by atoms with Crippen LogP contribution in [0.25, 0.3) is 0 Å². The van der Waals surface area contributed by atoms with Gasteiger partial charge in [0.1, 0.15) is 0 Å². The molecule has 1 aliphatic rings. The lowest BCUT2D eigenvalue weighted by Gasteiger charge is -2.26. The lowest BCUT2D eigenvalue weighted by molar-refractivity contribution is 0.0398. The SMILES string of the molecule is Clc1nc(Cl)nc(NCCN2CCOCC2)n1. The molecule has 0 atom stereocenters. The van der Waals surface area contributed by atoms with Crippen molar-refractivity contribution in [3.05, 3.63) is 10.6 Å². The number of rotatable bonds is 4. The Kier molecular flexibility index (Phi) is 4.73. The molecule has 17 heavy (non-hydrogen) atoms. The molecule has 1 aromatic heterocycles. The number of anilines is 1.